The van der Waals surface area contributed by atoms with Gasteiger partial charge in [0.15, 0.2) is 5.78 Å². The Bertz CT molecular complexity index is 1010. The van der Waals surface area contributed by atoms with E-state index in [9.17, 15) is 14.4 Å². The van der Waals surface area contributed by atoms with Crippen molar-refractivity contribution >= 4 is 17.7 Å². The number of urea groups is 1. The van der Waals surface area contributed by atoms with Gasteiger partial charge >= 0.3 is 6.03 Å². The molecule has 1 saturated heterocycles. The molecule has 2 aromatic rings. The third-order valence-electron chi connectivity index (χ3n) is 6.02. The number of aryl methyl sites for hydroxylation is 2. The number of imide groups is 1. The van der Waals surface area contributed by atoms with E-state index in [4.69, 9.17) is 4.74 Å². The van der Waals surface area contributed by atoms with E-state index >= 15 is 0 Å². The van der Waals surface area contributed by atoms with Crippen molar-refractivity contribution in [1.82, 2.24) is 14.8 Å². The average molecular weight is 426 g/mol. The van der Waals surface area contributed by atoms with E-state index in [1.807, 2.05) is 44.2 Å². The molecule has 1 aromatic heterocycles. The molecule has 166 valence electrons. The number of ketones is 1. The van der Waals surface area contributed by atoms with Gasteiger partial charge in [-0.2, -0.15) is 0 Å². The molecule has 0 aliphatic carbocycles. The largest absolute Gasteiger partial charge is 0.497 e. The lowest BCUT2D eigenvalue weighted by atomic mass is 9.93. The number of hydrogen-bond donors (Lipinski definition) is 1. The SMILES string of the molecule is COc1ccc(CC[C@]2(C)NC(=O)N(CC(=O)c3cc(C)n(C(C)C)c3C)C2=O)cc1. The zero-order valence-corrected chi connectivity index (χ0v) is 19.1. The number of methoxy groups -OCH3 is 1. The lowest BCUT2D eigenvalue weighted by Gasteiger charge is -2.21. The number of aromatic nitrogens is 1. The summed E-state index contributed by atoms with van der Waals surface area (Å²) in [4.78, 5) is 39.6. The smallest absolute Gasteiger partial charge is 0.325 e. The molecule has 1 N–H and O–H groups in total. The summed E-state index contributed by atoms with van der Waals surface area (Å²) in [6.45, 7) is 9.41. The highest BCUT2D eigenvalue weighted by Crippen LogP contribution is 2.26. The lowest BCUT2D eigenvalue weighted by Crippen LogP contribution is -2.44. The minimum absolute atomic E-state index is 0.222. The predicted molar refractivity (Wildman–Crippen MR) is 119 cm³/mol. The van der Waals surface area contributed by atoms with Crippen molar-refractivity contribution in [2.75, 3.05) is 13.7 Å². The van der Waals surface area contributed by atoms with Crippen molar-refractivity contribution in [3.05, 3.63) is 52.8 Å². The molecule has 3 rings (SSSR count). The van der Waals surface area contributed by atoms with Gasteiger partial charge in [-0.1, -0.05) is 12.1 Å². The summed E-state index contributed by atoms with van der Waals surface area (Å²) in [5.74, 6) is 0.168. The van der Waals surface area contributed by atoms with Crippen LogP contribution in [0.3, 0.4) is 0 Å². The van der Waals surface area contributed by atoms with Gasteiger partial charge in [-0.05, 0) is 71.2 Å². The second kappa shape index (κ2) is 8.57. The number of rotatable bonds is 8. The number of nitrogens with zero attached hydrogens (tertiary/aromatic N) is 2. The quantitative estimate of drug-likeness (QED) is 0.515. The zero-order valence-electron chi connectivity index (χ0n) is 19.1. The number of benzene rings is 1. The zero-order chi connectivity index (χ0) is 22.9. The predicted octanol–water partition coefficient (Wildman–Crippen LogP) is 3.82. The van der Waals surface area contributed by atoms with Gasteiger partial charge in [0.1, 0.15) is 11.3 Å². The fourth-order valence-electron chi connectivity index (χ4n) is 4.33. The Kier molecular flexibility index (Phi) is 6.25. The highest BCUT2D eigenvalue weighted by Gasteiger charge is 2.48. The van der Waals surface area contributed by atoms with Gasteiger partial charge in [0.2, 0.25) is 0 Å². The summed E-state index contributed by atoms with van der Waals surface area (Å²) in [6.07, 6.45) is 1.06. The fraction of sp³-hybridized carbons (Fsp3) is 0.458. The summed E-state index contributed by atoms with van der Waals surface area (Å²) < 4.78 is 7.25. The maximum atomic E-state index is 13.1. The molecule has 2 heterocycles. The number of carbonyl (C=O) groups is 3. The van der Waals surface area contributed by atoms with E-state index < -0.39 is 11.6 Å². The van der Waals surface area contributed by atoms with Crippen molar-refractivity contribution in [3.8, 4) is 5.75 Å². The second-order valence-electron chi connectivity index (χ2n) is 8.67. The van der Waals surface area contributed by atoms with Gasteiger partial charge in [-0.15, -0.1) is 0 Å². The molecule has 1 aliphatic rings. The van der Waals surface area contributed by atoms with Crippen LogP contribution in [0.1, 0.15) is 60.5 Å². The average Bonchev–Trinajstić information content (AvgIpc) is 3.14. The molecule has 1 aliphatic heterocycles. The number of hydrogen-bond acceptors (Lipinski definition) is 4. The third kappa shape index (κ3) is 4.36. The van der Waals surface area contributed by atoms with E-state index in [0.717, 1.165) is 27.6 Å². The van der Waals surface area contributed by atoms with Crippen LogP contribution in [0.15, 0.2) is 30.3 Å². The van der Waals surface area contributed by atoms with Crippen molar-refractivity contribution in [1.29, 1.82) is 0 Å². The standard InChI is InChI=1S/C24H31N3O4/c1-15(2)27-16(3)13-20(17(27)4)21(28)14-26-22(29)24(5,25-23(26)30)12-11-18-7-9-19(31-6)10-8-18/h7-10,13,15H,11-12,14H2,1-6H3,(H,25,30)/t24-/m0/s1. The summed E-state index contributed by atoms with van der Waals surface area (Å²) in [7, 11) is 1.61. The maximum absolute atomic E-state index is 13.1. The van der Waals surface area contributed by atoms with Crippen LogP contribution < -0.4 is 10.1 Å². The second-order valence-corrected chi connectivity index (χ2v) is 8.67. The van der Waals surface area contributed by atoms with E-state index in [1.165, 1.54) is 0 Å². The van der Waals surface area contributed by atoms with Crippen LogP contribution in [0.5, 0.6) is 5.75 Å². The Hall–Kier alpha value is -3.09. The molecule has 0 bridgehead atoms. The molecule has 1 fully saturated rings. The summed E-state index contributed by atoms with van der Waals surface area (Å²) in [5, 5.41) is 2.78. The number of amides is 3. The Morgan fingerprint density at radius 3 is 2.35 bits per heavy atom. The monoisotopic (exact) mass is 425 g/mol. The maximum Gasteiger partial charge on any atom is 0.325 e. The minimum Gasteiger partial charge on any atom is -0.497 e. The van der Waals surface area contributed by atoms with Crippen LogP contribution in [0.25, 0.3) is 0 Å². The van der Waals surface area contributed by atoms with Crippen LogP contribution in [-0.2, 0) is 11.2 Å². The molecule has 31 heavy (non-hydrogen) atoms. The lowest BCUT2D eigenvalue weighted by molar-refractivity contribution is -0.130. The molecule has 0 unspecified atom stereocenters. The highest BCUT2D eigenvalue weighted by molar-refractivity contribution is 6.11. The van der Waals surface area contributed by atoms with Gasteiger partial charge < -0.3 is 14.6 Å². The normalized spacial score (nSPS) is 18.6. The number of ether oxygens (including phenoxy) is 1. The van der Waals surface area contributed by atoms with E-state index in [2.05, 4.69) is 23.7 Å². The highest BCUT2D eigenvalue weighted by atomic mass is 16.5. The first-order valence-electron chi connectivity index (χ1n) is 10.6. The molecular formula is C24H31N3O4. The van der Waals surface area contributed by atoms with Crippen LogP contribution in [0.2, 0.25) is 0 Å². The topological polar surface area (TPSA) is 80.6 Å². The van der Waals surface area contributed by atoms with Crippen molar-refractivity contribution < 1.29 is 19.1 Å². The first-order valence-corrected chi connectivity index (χ1v) is 10.6. The molecule has 7 heteroatoms. The van der Waals surface area contributed by atoms with Crippen LogP contribution in [0, 0.1) is 13.8 Å². The Morgan fingerprint density at radius 2 is 1.81 bits per heavy atom. The molecule has 0 saturated carbocycles. The molecule has 0 spiro atoms. The number of carbonyl (C=O) groups excluding carboxylic acids is 3. The van der Waals surface area contributed by atoms with E-state index in [-0.39, 0.29) is 24.3 Å². The van der Waals surface area contributed by atoms with Gasteiger partial charge in [0.25, 0.3) is 5.91 Å². The van der Waals surface area contributed by atoms with E-state index in [0.29, 0.717) is 18.4 Å². The van der Waals surface area contributed by atoms with E-state index in [1.54, 1.807) is 14.0 Å². The first-order chi connectivity index (χ1) is 14.6. The number of Topliss-reactive ketones (excluding diaryl/α,β-unsaturated/α-hetero) is 1. The van der Waals surface area contributed by atoms with Crippen LogP contribution >= 0.6 is 0 Å². The summed E-state index contributed by atoms with van der Waals surface area (Å²) >= 11 is 0. The Balaban J connectivity index is 1.70. The van der Waals surface area contributed by atoms with Crippen molar-refractivity contribution in [2.45, 2.75) is 59.0 Å². The Morgan fingerprint density at radius 1 is 1.16 bits per heavy atom. The molecule has 3 amide bonds. The molecule has 7 nitrogen and oxygen atoms in total. The van der Waals surface area contributed by atoms with Gasteiger partial charge in [0.05, 0.1) is 13.7 Å². The first kappa shape index (κ1) is 22.6. The third-order valence-corrected chi connectivity index (χ3v) is 6.02. The summed E-state index contributed by atoms with van der Waals surface area (Å²) in [6, 6.07) is 9.15. The number of nitrogens with one attached hydrogen (secondary N) is 1. The molecular weight excluding hydrogens is 394 g/mol. The van der Waals surface area contributed by atoms with Gasteiger partial charge in [-0.25, -0.2) is 4.79 Å². The van der Waals surface area contributed by atoms with Crippen LogP contribution in [-0.4, -0.2) is 46.4 Å². The van der Waals surface area contributed by atoms with Crippen molar-refractivity contribution in [2.24, 2.45) is 0 Å². The Labute approximate surface area is 183 Å². The fourth-order valence-corrected chi connectivity index (χ4v) is 4.33. The van der Waals surface area contributed by atoms with Gasteiger partial charge in [0, 0.05) is 23.0 Å². The molecule has 0 radical (unpaired) electrons. The molecule has 1 atom stereocenters. The van der Waals surface area contributed by atoms with Gasteiger partial charge in [-0.3, -0.25) is 14.5 Å². The molecule has 1 aromatic carbocycles. The summed E-state index contributed by atoms with van der Waals surface area (Å²) in [5.41, 5.74) is 2.40. The minimum atomic E-state index is -1.04. The van der Waals surface area contributed by atoms with Crippen molar-refractivity contribution in [3.63, 3.8) is 0 Å². The van der Waals surface area contributed by atoms with Crippen LogP contribution in [0.4, 0.5) is 4.79 Å².